The van der Waals surface area contributed by atoms with Gasteiger partial charge in [0.25, 0.3) is 0 Å². The van der Waals surface area contributed by atoms with Gasteiger partial charge in [-0.3, -0.25) is 0 Å². The van der Waals surface area contributed by atoms with Crippen molar-refractivity contribution in [3.63, 3.8) is 0 Å². The van der Waals surface area contributed by atoms with Gasteiger partial charge < -0.3 is 0 Å². The molecule has 2 aromatic carbocycles. The average molecular weight is 245 g/mol. The summed E-state index contributed by atoms with van der Waals surface area (Å²) >= 11 is 0. The van der Waals surface area contributed by atoms with Gasteiger partial charge in [0.15, 0.2) is 0 Å². The van der Waals surface area contributed by atoms with Crippen molar-refractivity contribution in [2.45, 2.75) is 0 Å². The summed E-state index contributed by atoms with van der Waals surface area (Å²) in [6.07, 6.45) is 1.23. The summed E-state index contributed by atoms with van der Waals surface area (Å²) in [5.74, 6) is 0. The summed E-state index contributed by atoms with van der Waals surface area (Å²) in [5.41, 5.74) is 1.47. The SMILES string of the molecule is CS(=O)(=O)n1c2ccccc2c2ccccc21. The molecule has 3 nitrogen and oxygen atoms in total. The van der Waals surface area contributed by atoms with Crippen LogP contribution in [0.15, 0.2) is 48.5 Å². The number of benzene rings is 2. The van der Waals surface area contributed by atoms with E-state index in [4.69, 9.17) is 0 Å². The minimum absolute atomic E-state index is 0.733. The minimum atomic E-state index is -3.30. The predicted molar refractivity (Wildman–Crippen MR) is 69.7 cm³/mol. The monoisotopic (exact) mass is 245 g/mol. The second-order valence-corrected chi connectivity index (χ2v) is 5.89. The minimum Gasteiger partial charge on any atom is -0.237 e. The first kappa shape index (κ1) is 10.4. The van der Waals surface area contributed by atoms with Crippen LogP contribution in [0.25, 0.3) is 21.8 Å². The molecule has 0 atom stereocenters. The van der Waals surface area contributed by atoms with E-state index in [1.165, 1.54) is 10.2 Å². The van der Waals surface area contributed by atoms with Crippen molar-refractivity contribution in [2.75, 3.05) is 6.26 Å². The van der Waals surface area contributed by atoms with Gasteiger partial charge in [0.05, 0.1) is 17.3 Å². The fourth-order valence-electron chi connectivity index (χ4n) is 2.24. The van der Waals surface area contributed by atoms with Crippen molar-refractivity contribution in [1.29, 1.82) is 0 Å². The standard InChI is InChI=1S/C13H11NO2S/c1-17(15,16)14-12-8-4-2-6-10(12)11-7-3-5-9-13(11)14/h2-9H,1H3. The third kappa shape index (κ3) is 1.45. The van der Waals surface area contributed by atoms with Crippen molar-refractivity contribution >= 4 is 31.8 Å². The van der Waals surface area contributed by atoms with Crippen LogP contribution in [0.1, 0.15) is 0 Å². The predicted octanol–water partition coefficient (Wildman–Crippen LogP) is 2.60. The van der Waals surface area contributed by atoms with Gasteiger partial charge in [-0.2, -0.15) is 0 Å². The molecule has 3 aromatic rings. The highest BCUT2D eigenvalue weighted by molar-refractivity contribution is 7.89. The summed E-state index contributed by atoms with van der Waals surface area (Å²) in [6, 6.07) is 15.1. The maximum Gasteiger partial charge on any atom is 0.236 e. The molecule has 3 rings (SSSR count). The van der Waals surface area contributed by atoms with Crippen molar-refractivity contribution < 1.29 is 8.42 Å². The van der Waals surface area contributed by atoms with E-state index in [-0.39, 0.29) is 0 Å². The molecule has 1 heterocycles. The highest BCUT2D eigenvalue weighted by Gasteiger charge is 2.15. The number of rotatable bonds is 1. The van der Waals surface area contributed by atoms with Crippen LogP contribution >= 0.6 is 0 Å². The Bertz CT molecular complexity index is 762. The second kappa shape index (κ2) is 3.34. The zero-order valence-electron chi connectivity index (χ0n) is 9.29. The van der Waals surface area contributed by atoms with Gasteiger partial charge in [-0.15, -0.1) is 0 Å². The molecule has 0 fully saturated rings. The molecule has 0 saturated carbocycles. The first-order valence-corrected chi connectivity index (χ1v) is 7.12. The molecule has 0 spiro atoms. The summed E-state index contributed by atoms with van der Waals surface area (Å²) < 4.78 is 25.2. The lowest BCUT2D eigenvalue weighted by atomic mass is 10.2. The van der Waals surface area contributed by atoms with Gasteiger partial charge in [0, 0.05) is 10.8 Å². The average Bonchev–Trinajstić information content (AvgIpc) is 2.63. The molecule has 4 heteroatoms. The Morgan fingerprint density at radius 2 is 1.24 bits per heavy atom. The summed E-state index contributed by atoms with van der Waals surface area (Å²) in [5, 5.41) is 1.93. The highest BCUT2D eigenvalue weighted by Crippen LogP contribution is 2.29. The quantitative estimate of drug-likeness (QED) is 0.661. The van der Waals surface area contributed by atoms with Crippen LogP contribution in [0.3, 0.4) is 0 Å². The molecule has 86 valence electrons. The molecular formula is C13H11NO2S. The molecule has 0 saturated heterocycles. The van der Waals surface area contributed by atoms with Gasteiger partial charge in [0.2, 0.25) is 10.0 Å². The second-order valence-electron chi connectivity index (χ2n) is 4.06. The molecular weight excluding hydrogens is 234 g/mol. The Kier molecular flexibility index (Phi) is 2.03. The number of nitrogens with zero attached hydrogens (tertiary/aromatic N) is 1. The molecule has 0 aliphatic carbocycles. The van der Waals surface area contributed by atoms with Crippen molar-refractivity contribution in [2.24, 2.45) is 0 Å². The fourth-order valence-corrected chi connectivity index (χ4v) is 3.28. The summed E-state index contributed by atoms with van der Waals surface area (Å²) in [6.45, 7) is 0. The van der Waals surface area contributed by atoms with E-state index in [9.17, 15) is 8.42 Å². The third-order valence-electron chi connectivity index (χ3n) is 2.87. The highest BCUT2D eigenvalue weighted by atomic mass is 32.2. The first-order valence-electron chi connectivity index (χ1n) is 5.28. The van der Waals surface area contributed by atoms with Gasteiger partial charge in [0.1, 0.15) is 0 Å². The lowest BCUT2D eigenvalue weighted by Crippen LogP contribution is -2.09. The maximum atomic E-state index is 11.9. The Morgan fingerprint density at radius 3 is 1.65 bits per heavy atom. The molecule has 0 radical (unpaired) electrons. The van der Waals surface area contributed by atoms with Gasteiger partial charge in [-0.05, 0) is 12.1 Å². The van der Waals surface area contributed by atoms with Crippen LogP contribution in [0.2, 0.25) is 0 Å². The zero-order chi connectivity index (χ0) is 12.0. The Balaban J connectivity index is 2.70. The smallest absolute Gasteiger partial charge is 0.236 e. The van der Waals surface area contributed by atoms with E-state index >= 15 is 0 Å². The molecule has 0 unspecified atom stereocenters. The number of hydrogen-bond acceptors (Lipinski definition) is 2. The van der Waals surface area contributed by atoms with E-state index in [0.29, 0.717) is 0 Å². The molecule has 0 aliphatic heterocycles. The van der Waals surface area contributed by atoms with Gasteiger partial charge >= 0.3 is 0 Å². The molecule has 0 N–H and O–H groups in total. The van der Waals surface area contributed by atoms with Crippen LogP contribution < -0.4 is 0 Å². The number of fused-ring (bicyclic) bond motifs is 3. The lowest BCUT2D eigenvalue weighted by molar-refractivity contribution is 0.596. The Morgan fingerprint density at radius 1 is 0.824 bits per heavy atom. The maximum absolute atomic E-state index is 11.9. The van der Waals surface area contributed by atoms with Crippen LogP contribution in [-0.4, -0.2) is 18.6 Å². The van der Waals surface area contributed by atoms with Crippen LogP contribution in [0.5, 0.6) is 0 Å². The van der Waals surface area contributed by atoms with E-state index in [1.807, 2.05) is 48.5 Å². The Hall–Kier alpha value is -1.81. The van der Waals surface area contributed by atoms with Crippen molar-refractivity contribution in [3.8, 4) is 0 Å². The summed E-state index contributed by atoms with van der Waals surface area (Å²) in [7, 11) is -3.30. The number of hydrogen-bond donors (Lipinski definition) is 0. The molecule has 0 bridgehead atoms. The van der Waals surface area contributed by atoms with Crippen LogP contribution in [0.4, 0.5) is 0 Å². The Labute approximate surface area is 99.3 Å². The largest absolute Gasteiger partial charge is 0.237 e. The molecule has 0 aliphatic rings. The lowest BCUT2D eigenvalue weighted by Gasteiger charge is -2.03. The van der Waals surface area contributed by atoms with E-state index in [0.717, 1.165) is 21.8 Å². The zero-order valence-corrected chi connectivity index (χ0v) is 10.1. The van der Waals surface area contributed by atoms with Crippen LogP contribution in [0, 0.1) is 0 Å². The fraction of sp³-hybridized carbons (Fsp3) is 0.0769. The van der Waals surface area contributed by atoms with Crippen molar-refractivity contribution in [1.82, 2.24) is 3.97 Å². The molecule has 1 aromatic heterocycles. The topological polar surface area (TPSA) is 39.1 Å². The van der Waals surface area contributed by atoms with Crippen molar-refractivity contribution in [3.05, 3.63) is 48.5 Å². The van der Waals surface area contributed by atoms with Gasteiger partial charge in [-0.1, -0.05) is 36.4 Å². The van der Waals surface area contributed by atoms with E-state index < -0.39 is 10.0 Å². The van der Waals surface area contributed by atoms with Gasteiger partial charge in [-0.25, -0.2) is 12.4 Å². The molecule has 0 amide bonds. The van der Waals surface area contributed by atoms with E-state index in [1.54, 1.807) is 0 Å². The van der Waals surface area contributed by atoms with E-state index in [2.05, 4.69) is 0 Å². The first-order chi connectivity index (χ1) is 8.09. The van der Waals surface area contributed by atoms with Crippen LogP contribution in [-0.2, 0) is 10.0 Å². The normalized spacial score (nSPS) is 12.3. The molecule has 17 heavy (non-hydrogen) atoms. The number of aromatic nitrogens is 1. The number of para-hydroxylation sites is 2. The summed E-state index contributed by atoms with van der Waals surface area (Å²) in [4.78, 5) is 0. The third-order valence-corrected chi connectivity index (χ3v) is 3.92.